The lowest BCUT2D eigenvalue weighted by atomic mass is 9.98. The molecule has 0 aromatic heterocycles. The summed E-state index contributed by atoms with van der Waals surface area (Å²) in [4.78, 5) is 52.2. The Hall–Kier alpha value is -3.48. The number of nitrogens with zero attached hydrogens (tertiary/aromatic N) is 2. The van der Waals surface area contributed by atoms with Crippen LogP contribution < -0.4 is 4.90 Å². The molecule has 0 N–H and O–H groups in total. The Morgan fingerprint density at radius 2 is 1.72 bits per heavy atom. The summed E-state index contributed by atoms with van der Waals surface area (Å²) in [5, 5.41) is 0. The van der Waals surface area contributed by atoms with Crippen molar-refractivity contribution in [3.8, 4) is 0 Å². The van der Waals surface area contributed by atoms with Crippen LogP contribution >= 0.6 is 0 Å². The molecule has 0 unspecified atom stereocenters. The molecule has 0 radical (unpaired) electrons. The third kappa shape index (κ3) is 4.34. The van der Waals surface area contributed by atoms with Gasteiger partial charge in [-0.25, -0.2) is 0 Å². The van der Waals surface area contributed by atoms with E-state index in [2.05, 4.69) is 0 Å². The van der Waals surface area contributed by atoms with Gasteiger partial charge in [0.05, 0.1) is 6.42 Å². The number of carbonyl (C=O) groups is 4. The number of ether oxygens (including phenoxy) is 1. The van der Waals surface area contributed by atoms with Gasteiger partial charge in [-0.1, -0.05) is 36.4 Å². The fourth-order valence-electron chi connectivity index (χ4n) is 3.27. The summed E-state index contributed by atoms with van der Waals surface area (Å²) < 4.78 is 5.23. The topological polar surface area (TPSA) is 84.0 Å². The SMILES string of the molecule is CCN(C(=O)[C@H](C)OC(=O)CN1C(=O)Cc2ccccc2C1=O)c1ccccc1. The van der Waals surface area contributed by atoms with Crippen molar-refractivity contribution in [2.75, 3.05) is 18.0 Å². The van der Waals surface area contributed by atoms with E-state index < -0.39 is 30.4 Å². The quantitative estimate of drug-likeness (QED) is 0.554. The number of benzene rings is 2. The predicted molar refractivity (Wildman–Crippen MR) is 106 cm³/mol. The van der Waals surface area contributed by atoms with Gasteiger partial charge in [0.1, 0.15) is 6.54 Å². The standard InChI is InChI=1S/C22H22N2O5/c1-3-23(17-10-5-4-6-11-17)21(27)15(2)29-20(26)14-24-19(25)13-16-9-7-8-12-18(16)22(24)28/h4-12,15H,3,13-14H2,1-2H3/t15-/m0/s1. The van der Waals surface area contributed by atoms with Gasteiger partial charge in [-0.05, 0) is 37.6 Å². The fraction of sp³-hybridized carbons (Fsp3) is 0.273. The average molecular weight is 394 g/mol. The highest BCUT2D eigenvalue weighted by Gasteiger charge is 2.33. The predicted octanol–water partition coefficient (Wildman–Crippen LogP) is 2.20. The molecule has 0 fully saturated rings. The van der Waals surface area contributed by atoms with Crippen LogP contribution in [-0.2, 0) is 25.5 Å². The number of likely N-dealkylation sites (N-methyl/N-ethyl adjacent to an activating group) is 1. The van der Waals surface area contributed by atoms with E-state index in [0.717, 1.165) is 4.90 Å². The van der Waals surface area contributed by atoms with E-state index in [1.807, 2.05) is 25.1 Å². The number of fused-ring (bicyclic) bond motifs is 1. The van der Waals surface area contributed by atoms with Gasteiger partial charge in [-0.15, -0.1) is 0 Å². The largest absolute Gasteiger partial charge is 0.451 e. The Morgan fingerprint density at radius 3 is 2.41 bits per heavy atom. The third-order valence-corrected chi connectivity index (χ3v) is 4.73. The number of anilines is 1. The lowest BCUT2D eigenvalue weighted by Gasteiger charge is -2.27. The number of carbonyl (C=O) groups excluding carboxylic acids is 4. The lowest BCUT2D eigenvalue weighted by molar-refractivity contribution is -0.156. The van der Waals surface area contributed by atoms with E-state index in [-0.39, 0.29) is 12.3 Å². The molecule has 0 saturated carbocycles. The van der Waals surface area contributed by atoms with E-state index in [4.69, 9.17) is 4.74 Å². The zero-order valence-corrected chi connectivity index (χ0v) is 16.3. The summed E-state index contributed by atoms with van der Waals surface area (Å²) in [7, 11) is 0. The maximum Gasteiger partial charge on any atom is 0.326 e. The molecule has 1 heterocycles. The summed E-state index contributed by atoms with van der Waals surface area (Å²) in [6.45, 7) is 3.18. The van der Waals surface area contributed by atoms with E-state index >= 15 is 0 Å². The monoisotopic (exact) mass is 394 g/mol. The number of hydrogen-bond acceptors (Lipinski definition) is 5. The Balaban J connectivity index is 1.65. The second-order valence-corrected chi connectivity index (χ2v) is 6.67. The Bertz CT molecular complexity index is 941. The van der Waals surface area contributed by atoms with Crippen molar-refractivity contribution in [2.24, 2.45) is 0 Å². The van der Waals surface area contributed by atoms with E-state index in [1.54, 1.807) is 36.4 Å². The van der Waals surface area contributed by atoms with Crippen molar-refractivity contribution in [2.45, 2.75) is 26.4 Å². The molecule has 3 rings (SSSR count). The number of para-hydroxylation sites is 1. The van der Waals surface area contributed by atoms with Gasteiger partial charge in [-0.3, -0.25) is 24.1 Å². The highest BCUT2D eigenvalue weighted by Crippen LogP contribution is 2.20. The van der Waals surface area contributed by atoms with Crippen LogP contribution in [0.3, 0.4) is 0 Å². The normalized spacial score (nSPS) is 14.2. The summed E-state index contributed by atoms with van der Waals surface area (Å²) in [6, 6.07) is 15.8. The molecule has 2 aromatic carbocycles. The lowest BCUT2D eigenvalue weighted by Crippen LogP contribution is -2.47. The highest BCUT2D eigenvalue weighted by molar-refractivity contribution is 6.11. The maximum absolute atomic E-state index is 12.7. The molecule has 7 nitrogen and oxygen atoms in total. The molecule has 2 aromatic rings. The van der Waals surface area contributed by atoms with Crippen LogP contribution in [-0.4, -0.2) is 47.8 Å². The zero-order chi connectivity index (χ0) is 21.0. The molecule has 150 valence electrons. The number of amides is 3. The summed E-state index contributed by atoms with van der Waals surface area (Å²) in [6.07, 6.45) is -1.01. The van der Waals surface area contributed by atoms with Gasteiger partial charge in [0.25, 0.3) is 11.8 Å². The second-order valence-electron chi connectivity index (χ2n) is 6.67. The molecule has 0 saturated heterocycles. The second kappa shape index (κ2) is 8.68. The molecule has 3 amide bonds. The van der Waals surface area contributed by atoms with Gasteiger partial charge in [0.2, 0.25) is 5.91 Å². The summed E-state index contributed by atoms with van der Waals surface area (Å²) >= 11 is 0. The highest BCUT2D eigenvalue weighted by atomic mass is 16.5. The minimum Gasteiger partial charge on any atom is -0.451 e. The number of hydrogen-bond donors (Lipinski definition) is 0. The van der Waals surface area contributed by atoms with Crippen LogP contribution in [0.1, 0.15) is 29.8 Å². The van der Waals surface area contributed by atoms with E-state index in [1.165, 1.54) is 11.8 Å². The summed E-state index contributed by atoms with van der Waals surface area (Å²) in [5.74, 6) is -2.19. The average Bonchev–Trinajstić information content (AvgIpc) is 2.72. The van der Waals surface area contributed by atoms with Crippen molar-refractivity contribution < 1.29 is 23.9 Å². The van der Waals surface area contributed by atoms with Crippen molar-refractivity contribution in [1.29, 1.82) is 0 Å². The van der Waals surface area contributed by atoms with Crippen LogP contribution in [0.4, 0.5) is 5.69 Å². The van der Waals surface area contributed by atoms with Crippen molar-refractivity contribution in [3.05, 3.63) is 65.7 Å². The van der Waals surface area contributed by atoms with Crippen molar-refractivity contribution in [1.82, 2.24) is 4.90 Å². The number of esters is 1. The molecule has 1 aliphatic rings. The van der Waals surface area contributed by atoms with Crippen LogP contribution in [0.2, 0.25) is 0 Å². The number of imide groups is 1. The fourth-order valence-corrected chi connectivity index (χ4v) is 3.27. The van der Waals surface area contributed by atoms with Crippen LogP contribution in [0, 0.1) is 0 Å². The van der Waals surface area contributed by atoms with Gasteiger partial charge in [-0.2, -0.15) is 0 Å². The Morgan fingerprint density at radius 1 is 1.07 bits per heavy atom. The molecular weight excluding hydrogens is 372 g/mol. The van der Waals surface area contributed by atoms with Crippen molar-refractivity contribution >= 4 is 29.4 Å². The first-order valence-corrected chi connectivity index (χ1v) is 9.41. The minimum atomic E-state index is -1.05. The first-order valence-electron chi connectivity index (χ1n) is 9.41. The molecule has 0 aliphatic carbocycles. The number of rotatable bonds is 6. The third-order valence-electron chi connectivity index (χ3n) is 4.73. The molecule has 0 spiro atoms. The first-order chi connectivity index (χ1) is 13.9. The van der Waals surface area contributed by atoms with Crippen LogP contribution in [0.15, 0.2) is 54.6 Å². The van der Waals surface area contributed by atoms with E-state index in [0.29, 0.717) is 23.4 Å². The Kier molecular flexibility index (Phi) is 6.07. The molecular formula is C22H22N2O5. The molecule has 1 aliphatic heterocycles. The molecule has 7 heteroatoms. The van der Waals surface area contributed by atoms with Gasteiger partial charge in [0.15, 0.2) is 6.10 Å². The van der Waals surface area contributed by atoms with Gasteiger partial charge < -0.3 is 9.64 Å². The van der Waals surface area contributed by atoms with Crippen LogP contribution in [0.5, 0.6) is 0 Å². The summed E-state index contributed by atoms with van der Waals surface area (Å²) in [5.41, 5.74) is 1.73. The zero-order valence-electron chi connectivity index (χ0n) is 16.3. The van der Waals surface area contributed by atoms with Crippen LogP contribution in [0.25, 0.3) is 0 Å². The van der Waals surface area contributed by atoms with Crippen molar-refractivity contribution in [3.63, 3.8) is 0 Å². The first kappa shape index (κ1) is 20.3. The Labute approximate surface area is 168 Å². The molecule has 0 bridgehead atoms. The molecule has 1 atom stereocenters. The van der Waals surface area contributed by atoms with E-state index in [9.17, 15) is 19.2 Å². The smallest absolute Gasteiger partial charge is 0.326 e. The maximum atomic E-state index is 12.7. The minimum absolute atomic E-state index is 0.0430. The molecule has 29 heavy (non-hydrogen) atoms. The van der Waals surface area contributed by atoms with Gasteiger partial charge >= 0.3 is 5.97 Å². The van der Waals surface area contributed by atoms with Gasteiger partial charge in [0, 0.05) is 17.8 Å².